The van der Waals surface area contributed by atoms with E-state index in [1.165, 1.54) is 6.07 Å². The van der Waals surface area contributed by atoms with Crippen LogP contribution >= 0.6 is 0 Å². The van der Waals surface area contributed by atoms with E-state index in [9.17, 15) is 21.6 Å². The molecule has 0 radical (unpaired) electrons. The molecule has 0 atom stereocenters. The average Bonchev–Trinajstić information content (AvgIpc) is 3.32. The number of anilines is 1. The van der Waals surface area contributed by atoms with Gasteiger partial charge in [-0.15, -0.1) is 5.10 Å². The molecule has 0 spiro atoms. The van der Waals surface area contributed by atoms with Crippen LogP contribution in [0.2, 0.25) is 0 Å². The molecule has 1 aliphatic rings. The summed E-state index contributed by atoms with van der Waals surface area (Å²) in [6.07, 6.45) is -0.493. The Morgan fingerprint density at radius 2 is 1.85 bits per heavy atom. The number of aromatic nitrogens is 5. The molecule has 3 aromatic rings. The number of aromatic amines is 1. The van der Waals surface area contributed by atoms with E-state index in [0.29, 0.717) is 30.8 Å². The average molecular weight is 497 g/mol. The predicted octanol–water partition coefficient (Wildman–Crippen LogP) is 2.33. The number of H-pyrrole nitrogens is 1. The Morgan fingerprint density at radius 1 is 1.12 bits per heavy atom. The van der Waals surface area contributed by atoms with Crippen molar-refractivity contribution in [2.24, 2.45) is 5.14 Å². The van der Waals surface area contributed by atoms with Crippen LogP contribution in [0.3, 0.4) is 0 Å². The zero-order valence-corrected chi connectivity index (χ0v) is 18.7. The molecular formula is C20H23F3N8O2S. The van der Waals surface area contributed by atoms with Gasteiger partial charge in [-0.1, -0.05) is 12.1 Å². The molecule has 0 aliphatic heterocycles. The van der Waals surface area contributed by atoms with Gasteiger partial charge >= 0.3 is 6.18 Å². The van der Waals surface area contributed by atoms with Crippen LogP contribution in [0.15, 0.2) is 35.4 Å². The van der Waals surface area contributed by atoms with Gasteiger partial charge in [0.05, 0.1) is 5.56 Å². The van der Waals surface area contributed by atoms with Gasteiger partial charge in [-0.25, -0.2) is 23.6 Å². The highest BCUT2D eigenvalue weighted by Gasteiger charge is 2.40. The summed E-state index contributed by atoms with van der Waals surface area (Å²) in [4.78, 5) is 3.04. The maximum Gasteiger partial charge on any atom is 0.417 e. The van der Waals surface area contributed by atoms with Gasteiger partial charge in [-0.05, 0) is 65.3 Å². The van der Waals surface area contributed by atoms with Crippen molar-refractivity contribution in [3.05, 3.63) is 47.2 Å². The Hall–Kier alpha value is -3.10. The quantitative estimate of drug-likeness (QED) is 0.404. The van der Waals surface area contributed by atoms with Crippen molar-refractivity contribution in [3.8, 4) is 11.4 Å². The molecule has 0 saturated heterocycles. The standard InChI is InChI=1S/C20H23F3N8O2S/c21-20(22,23)15-7-6-14(17(18(15)34(25,32)33)19-28-30-31-29-19)12-2-4-13(5-3-12)26-9-11-1-8-16(24)27-10-11/h1,6-8,10,12-13,26H,2-5,9H2,(H2,24,27)(H2,25,32,33)(H,28,29,30,31)/t12-,13-. The number of nitrogen functional groups attached to an aromatic ring is 1. The summed E-state index contributed by atoms with van der Waals surface area (Å²) in [6.45, 7) is 0.605. The number of primary sulfonamides is 1. The zero-order valence-electron chi connectivity index (χ0n) is 17.9. The van der Waals surface area contributed by atoms with E-state index in [4.69, 9.17) is 10.9 Å². The van der Waals surface area contributed by atoms with E-state index in [-0.39, 0.29) is 23.3 Å². The van der Waals surface area contributed by atoms with Crippen molar-refractivity contribution < 1.29 is 21.6 Å². The van der Waals surface area contributed by atoms with Crippen LogP contribution in [0.1, 0.15) is 48.3 Å². The number of nitrogens with two attached hydrogens (primary N) is 2. The Labute approximate surface area is 193 Å². The summed E-state index contributed by atoms with van der Waals surface area (Å²) in [5.41, 5.74) is 5.42. The minimum atomic E-state index is -4.93. The summed E-state index contributed by atoms with van der Waals surface area (Å²) in [7, 11) is -4.75. The zero-order chi connectivity index (χ0) is 24.5. The van der Waals surface area contributed by atoms with Crippen LogP contribution in [0, 0.1) is 0 Å². The van der Waals surface area contributed by atoms with Crippen LogP contribution in [0.4, 0.5) is 19.0 Å². The van der Waals surface area contributed by atoms with E-state index < -0.39 is 26.7 Å². The molecule has 1 saturated carbocycles. The molecule has 14 heteroatoms. The Bertz CT molecular complexity index is 1240. The molecule has 2 heterocycles. The Morgan fingerprint density at radius 3 is 2.41 bits per heavy atom. The molecule has 2 aromatic heterocycles. The maximum atomic E-state index is 13.7. The number of nitrogens with one attached hydrogen (secondary N) is 2. The summed E-state index contributed by atoms with van der Waals surface area (Å²) in [5, 5.41) is 21.6. The van der Waals surface area contributed by atoms with E-state index in [1.54, 1.807) is 12.3 Å². The molecule has 0 amide bonds. The first-order chi connectivity index (χ1) is 16.0. The largest absolute Gasteiger partial charge is 0.417 e. The normalized spacial score (nSPS) is 19.3. The molecule has 10 nitrogen and oxygen atoms in total. The summed E-state index contributed by atoms with van der Waals surface area (Å²) < 4.78 is 65.6. The third kappa shape index (κ3) is 5.18. The van der Waals surface area contributed by atoms with Crippen molar-refractivity contribution in [2.75, 3.05) is 5.73 Å². The van der Waals surface area contributed by atoms with Gasteiger partial charge in [0.2, 0.25) is 10.0 Å². The molecule has 182 valence electrons. The van der Waals surface area contributed by atoms with Crippen molar-refractivity contribution >= 4 is 15.8 Å². The summed E-state index contributed by atoms with van der Waals surface area (Å²) in [6, 6.07) is 5.86. The molecule has 6 N–H and O–H groups in total. The number of benzene rings is 1. The molecule has 34 heavy (non-hydrogen) atoms. The highest BCUT2D eigenvalue weighted by atomic mass is 32.2. The van der Waals surface area contributed by atoms with E-state index in [1.807, 2.05) is 6.07 Å². The Kier molecular flexibility index (Phi) is 6.55. The fraction of sp³-hybridized carbons (Fsp3) is 0.400. The van der Waals surface area contributed by atoms with Gasteiger partial charge in [0.15, 0.2) is 5.82 Å². The molecule has 0 unspecified atom stereocenters. The molecule has 0 bridgehead atoms. The predicted molar refractivity (Wildman–Crippen MR) is 116 cm³/mol. The van der Waals surface area contributed by atoms with E-state index in [0.717, 1.165) is 24.5 Å². The number of pyridine rings is 1. The lowest BCUT2D eigenvalue weighted by Gasteiger charge is -2.31. The monoisotopic (exact) mass is 496 g/mol. The second kappa shape index (κ2) is 9.27. The van der Waals surface area contributed by atoms with Crippen molar-refractivity contribution in [3.63, 3.8) is 0 Å². The lowest BCUT2D eigenvalue weighted by Crippen LogP contribution is -2.32. The first-order valence-corrected chi connectivity index (χ1v) is 12.0. The fourth-order valence-corrected chi connectivity index (χ4v) is 5.37. The molecule has 1 fully saturated rings. The Balaban J connectivity index is 1.60. The van der Waals surface area contributed by atoms with Crippen LogP contribution < -0.4 is 16.2 Å². The van der Waals surface area contributed by atoms with E-state index >= 15 is 0 Å². The highest BCUT2D eigenvalue weighted by molar-refractivity contribution is 7.89. The van der Waals surface area contributed by atoms with Crippen LogP contribution in [-0.2, 0) is 22.7 Å². The number of hydrogen-bond acceptors (Lipinski definition) is 8. The molecule has 4 rings (SSSR count). The second-order valence-corrected chi connectivity index (χ2v) is 9.72. The van der Waals surface area contributed by atoms with E-state index in [2.05, 4.69) is 30.9 Å². The first-order valence-electron chi connectivity index (χ1n) is 10.5. The smallest absolute Gasteiger partial charge is 0.384 e. The lowest BCUT2D eigenvalue weighted by molar-refractivity contribution is -0.139. The third-order valence-electron chi connectivity index (χ3n) is 5.97. The van der Waals surface area contributed by atoms with Gasteiger partial charge in [-0.2, -0.15) is 13.2 Å². The number of sulfonamides is 1. The SMILES string of the molecule is Nc1ccc(CN[C@H]2CC[C@H](c3ccc(C(F)(F)F)c(S(N)(=O)=O)c3-c3nnn[nH]3)CC2)cn1. The summed E-state index contributed by atoms with van der Waals surface area (Å²) in [5.74, 6) is 0.0674. The topological polar surface area (TPSA) is 166 Å². The van der Waals surface area contributed by atoms with Gasteiger partial charge in [-0.3, -0.25) is 0 Å². The molecular weight excluding hydrogens is 473 g/mol. The number of tetrazole rings is 1. The van der Waals surface area contributed by atoms with Crippen LogP contribution in [0.25, 0.3) is 11.4 Å². The minimum absolute atomic E-state index is 0.179. The number of nitrogens with zero attached hydrogens (tertiary/aromatic N) is 4. The van der Waals surface area contributed by atoms with Crippen LogP contribution in [-0.4, -0.2) is 40.1 Å². The second-order valence-electron chi connectivity index (χ2n) is 8.22. The fourth-order valence-electron chi connectivity index (χ4n) is 4.38. The molecule has 1 aromatic carbocycles. The summed E-state index contributed by atoms with van der Waals surface area (Å²) >= 11 is 0. The molecule has 1 aliphatic carbocycles. The maximum absolute atomic E-state index is 13.7. The van der Waals surface area contributed by atoms with Gasteiger partial charge in [0.1, 0.15) is 10.7 Å². The lowest BCUT2D eigenvalue weighted by atomic mass is 9.79. The third-order valence-corrected chi connectivity index (χ3v) is 6.96. The minimum Gasteiger partial charge on any atom is -0.384 e. The van der Waals surface area contributed by atoms with Crippen molar-refractivity contribution in [1.29, 1.82) is 0 Å². The van der Waals surface area contributed by atoms with Gasteiger partial charge in [0.25, 0.3) is 0 Å². The van der Waals surface area contributed by atoms with Gasteiger partial charge in [0, 0.05) is 24.3 Å². The number of halogens is 3. The highest BCUT2D eigenvalue weighted by Crippen LogP contribution is 2.44. The number of hydrogen-bond donors (Lipinski definition) is 4. The van der Waals surface area contributed by atoms with Crippen molar-refractivity contribution in [2.45, 2.75) is 55.3 Å². The number of alkyl halides is 3. The van der Waals surface area contributed by atoms with Crippen LogP contribution in [0.5, 0.6) is 0 Å². The van der Waals surface area contributed by atoms with Gasteiger partial charge < -0.3 is 11.1 Å². The van der Waals surface area contributed by atoms with Crippen molar-refractivity contribution in [1.82, 2.24) is 30.9 Å². The number of rotatable bonds is 6. The first kappa shape index (κ1) is 24.0.